The minimum atomic E-state index is -1.31. The Morgan fingerprint density at radius 2 is 2.21 bits per heavy atom. The molecule has 0 saturated heterocycles. The molecule has 0 atom stereocenters. The fraction of sp³-hybridized carbons (Fsp3) is 0. The summed E-state index contributed by atoms with van der Waals surface area (Å²) in [6.45, 7) is 0. The van der Waals surface area contributed by atoms with E-state index in [0.29, 0.717) is 0 Å². The van der Waals surface area contributed by atoms with Crippen LogP contribution in [0.3, 0.4) is 0 Å². The molecule has 0 saturated carbocycles. The number of carbonyl (C=O) groups is 1. The zero-order chi connectivity index (χ0) is 10.3. The summed E-state index contributed by atoms with van der Waals surface area (Å²) >= 11 is 0. The van der Waals surface area contributed by atoms with Crippen molar-refractivity contribution >= 4 is 22.6 Å². The number of anilines is 1. The molecule has 2 rings (SSSR count). The molecule has 1 aromatic carbocycles. The summed E-state index contributed by atoms with van der Waals surface area (Å²) in [4.78, 5) is 10.6. The second-order valence-corrected chi connectivity index (χ2v) is 2.76. The highest BCUT2D eigenvalue weighted by molar-refractivity contribution is 6.02. The standard InChI is InChI=1S/C9H6FNO3/c10-4-2-1-3-5-6(4)7(11)8(14-5)9(12)13/h1-3H,11H2,(H,12,13). The third kappa shape index (κ3) is 1.02. The number of benzene rings is 1. The Morgan fingerprint density at radius 3 is 2.79 bits per heavy atom. The van der Waals surface area contributed by atoms with Gasteiger partial charge in [-0.15, -0.1) is 0 Å². The second-order valence-electron chi connectivity index (χ2n) is 2.76. The number of hydrogen-bond donors (Lipinski definition) is 2. The zero-order valence-electron chi connectivity index (χ0n) is 6.95. The summed E-state index contributed by atoms with van der Waals surface area (Å²) in [5.74, 6) is -2.32. The number of aromatic carboxylic acids is 1. The van der Waals surface area contributed by atoms with E-state index in [0.717, 1.165) is 0 Å². The molecule has 0 aliphatic carbocycles. The first kappa shape index (κ1) is 8.55. The lowest BCUT2D eigenvalue weighted by Gasteiger charge is -1.90. The van der Waals surface area contributed by atoms with Gasteiger partial charge in [0, 0.05) is 0 Å². The molecule has 3 N–H and O–H groups in total. The van der Waals surface area contributed by atoms with Gasteiger partial charge in [-0.2, -0.15) is 0 Å². The number of carboxylic acids is 1. The van der Waals surface area contributed by atoms with Crippen molar-refractivity contribution < 1.29 is 18.7 Å². The molecule has 0 aliphatic rings. The summed E-state index contributed by atoms with van der Waals surface area (Å²) in [6, 6.07) is 4.08. The first-order valence-electron chi connectivity index (χ1n) is 3.81. The second kappa shape index (κ2) is 2.73. The fourth-order valence-corrected chi connectivity index (χ4v) is 1.29. The van der Waals surface area contributed by atoms with E-state index < -0.39 is 17.5 Å². The third-order valence-corrected chi connectivity index (χ3v) is 1.90. The lowest BCUT2D eigenvalue weighted by Crippen LogP contribution is -1.98. The van der Waals surface area contributed by atoms with Crippen LogP contribution in [0.25, 0.3) is 11.0 Å². The molecule has 72 valence electrons. The Kier molecular flexibility index (Phi) is 1.67. The Bertz CT molecular complexity index is 518. The summed E-state index contributed by atoms with van der Waals surface area (Å²) < 4.78 is 18.1. The Labute approximate surface area is 77.7 Å². The van der Waals surface area contributed by atoms with E-state index in [9.17, 15) is 9.18 Å². The molecular formula is C9H6FNO3. The molecule has 0 spiro atoms. The summed E-state index contributed by atoms with van der Waals surface area (Å²) in [7, 11) is 0. The van der Waals surface area contributed by atoms with Crippen LogP contribution >= 0.6 is 0 Å². The average molecular weight is 195 g/mol. The van der Waals surface area contributed by atoms with Crippen LogP contribution < -0.4 is 5.73 Å². The van der Waals surface area contributed by atoms with Gasteiger partial charge in [0.15, 0.2) is 0 Å². The van der Waals surface area contributed by atoms with Crippen LogP contribution in [0.1, 0.15) is 10.6 Å². The Morgan fingerprint density at radius 1 is 1.50 bits per heavy atom. The van der Waals surface area contributed by atoms with Crippen LogP contribution in [0.15, 0.2) is 22.6 Å². The van der Waals surface area contributed by atoms with Crippen molar-refractivity contribution in [2.45, 2.75) is 0 Å². The van der Waals surface area contributed by atoms with Crippen LogP contribution in [0.2, 0.25) is 0 Å². The predicted octanol–water partition coefficient (Wildman–Crippen LogP) is 1.85. The average Bonchev–Trinajstić information content (AvgIpc) is 2.45. The monoisotopic (exact) mass is 195 g/mol. The number of fused-ring (bicyclic) bond motifs is 1. The van der Waals surface area contributed by atoms with Gasteiger partial charge < -0.3 is 15.3 Å². The lowest BCUT2D eigenvalue weighted by molar-refractivity contribution is 0.0666. The van der Waals surface area contributed by atoms with Crippen molar-refractivity contribution in [2.24, 2.45) is 0 Å². The first-order valence-corrected chi connectivity index (χ1v) is 3.81. The van der Waals surface area contributed by atoms with Gasteiger partial charge in [-0.3, -0.25) is 0 Å². The first-order chi connectivity index (χ1) is 6.61. The van der Waals surface area contributed by atoms with Crippen molar-refractivity contribution in [3.63, 3.8) is 0 Å². The number of hydrogen-bond acceptors (Lipinski definition) is 3. The number of nitrogens with two attached hydrogens (primary N) is 1. The third-order valence-electron chi connectivity index (χ3n) is 1.90. The van der Waals surface area contributed by atoms with E-state index in [1.807, 2.05) is 0 Å². The smallest absolute Gasteiger partial charge is 0.374 e. The molecule has 0 fully saturated rings. The molecule has 2 aromatic rings. The SMILES string of the molecule is Nc1c(C(=O)O)oc2cccc(F)c12. The van der Waals surface area contributed by atoms with Gasteiger partial charge in [-0.05, 0) is 12.1 Å². The summed E-state index contributed by atoms with van der Waals surface area (Å²) in [5.41, 5.74) is 5.39. The van der Waals surface area contributed by atoms with E-state index in [-0.39, 0.29) is 16.7 Å². The van der Waals surface area contributed by atoms with E-state index in [1.54, 1.807) is 0 Å². The van der Waals surface area contributed by atoms with E-state index >= 15 is 0 Å². The van der Waals surface area contributed by atoms with Crippen LogP contribution in [0.5, 0.6) is 0 Å². The number of furan rings is 1. The maximum atomic E-state index is 13.2. The van der Waals surface area contributed by atoms with Gasteiger partial charge in [0.05, 0.1) is 11.1 Å². The van der Waals surface area contributed by atoms with Crippen molar-refractivity contribution in [2.75, 3.05) is 5.73 Å². The number of halogens is 1. The number of nitrogen functional groups attached to an aromatic ring is 1. The molecule has 0 bridgehead atoms. The largest absolute Gasteiger partial charge is 0.475 e. The van der Waals surface area contributed by atoms with Gasteiger partial charge in [0.2, 0.25) is 5.76 Å². The molecule has 0 unspecified atom stereocenters. The molecule has 5 heteroatoms. The van der Waals surface area contributed by atoms with Crippen molar-refractivity contribution in [3.8, 4) is 0 Å². The minimum Gasteiger partial charge on any atom is -0.475 e. The molecule has 0 radical (unpaired) electrons. The maximum absolute atomic E-state index is 13.2. The van der Waals surface area contributed by atoms with Crippen molar-refractivity contribution in [1.29, 1.82) is 0 Å². The molecule has 0 amide bonds. The summed E-state index contributed by atoms with van der Waals surface area (Å²) in [6.07, 6.45) is 0. The molecule has 4 nitrogen and oxygen atoms in total. The van der Waals surface area contributed by atoms with Gasteiger partial charge in [-0.25, -0.2) is 9.18 Å². The molecule has 0 aliphatic heterocycles. The Balaban J connectivity index is 2.87. The van der Waals surface area contributed by atoms with Gasteiger partial charge in [-0.1, -0.05) is 6.07 Å². The quantitative estimate of drug-likeness (QED) is 0.727. The highest BCUT2D eigenvalue weighted by Crippen LogP contribution is 2.30. The van der Waals surface area contributed by atoms with Crippen molar-refractivity contribution in [1.82, 2.24) is 0 Å². The van der Waals surface area contributed by atoms with E-state index in [2.05, 4.69) is 0 Å². The van der Waals surface area contributed by atoms with Crippen LogP contribution in [0, 0.1) is 5.82 Å². The van der Waals surface area contributed by atoms with Crippen LogP contribution in [-0.4, -0.2) is 11.1 Å². The predicted molar refractivity (Wildman–Crippen MR) is 47.5 cm³/mol. The van der Waals surface area contributed by atoms with Gasteiger partial charge in [0.1, 0.15) is 11.4 Å². The maximum Gasteiger partial charge on any atom is 0.374 e. The van der Waals surface area contributed by atoms with Crippen LogP contribution in [0.4, 0.5) is 10.1 Å². The summed E-state index contributed by atoms with van der Waals surface area (Å²) in [5, 5.41) is 8.68. The van der Waals surface area contributed by atoms with E-state index in [4.69, 9.17) is 15.3 Å². The number of rotatable bonds is 1. The molecular weight excluding hydrogens is 189 g/mol. The van der Waals surface area contributed by atoms with Crippen LogP contribution in [-0.2, 0) is 0 Å². The van der Waals surface area contributed by atoms with Gasteiger partial charge >= 0.3 is 5.97 Å². The molecule has 1 heterocycles. The number of carboxylic acid groups (broad SMARTS) is 1. The van der Waals surface area contributed by atoms with Gasteiger partial charge in [0.25, 0.3) is 0 Å². The normalized spacial score (nSPS) is 10.6. The molecule has 14 heavy (non-hydrogen) atoms. The topological polar surface area (TPSA) is 76.5 Å². The Hall–Kier alpha value is -2.04. The highest BCUT2D eigenvalue weighted by atomic mass is 19.1. The van der Waals surface area contributed by atoms with E-state index in [1.165, 1.54) is 18.2 Å². The minimum absolute atomic E-state index is 0.0184. The molecule has 1 aromatic heterocycles. The highest BCUT2D eigenvalue weighted by Gasteiger charge is 2.19. The van der Waals surface area contributed by atoms with Crippen molar-refractivity contribution in [3.05, 3.63) is 29.8 Å². The fourth-order valence-electron chi connectivity index (χ4n) is 1.29. The zero-order valence-corrected chi connectivity index (χ0v) is 6.95. The lowest BCUT2D eigenvalue weighted by atomic mass is 10.2.